The number of carbonyl (C=O) groups is 1. The Labute approximate surface area is 154 Å². The molecule has 1 N–H and O–H groups in total. The van der Waals surface area contributed by atoms with E-state index in [-0.39, 0.29) is 11.9 Å². The lowest BCUT2D eigenvalue weighted by Gasteiger charge is -2.18. The number of rotatable bonds is 4. The maximum atomic E-state index is 13.0. The molecule has 1 saturated carbocycles. The van der Waals surface area contributed by atoms with Crippen molar-refractivity contribution in [1.29, 1.82) is 0 Å². The van der Waals surface area contributed by atoms with Crippen LogP contribution < -0.4 is 5.32 Å². The van der Waals surface area contributed by atoms with Crippen molar-refractivity contribution in [3.8, 4) is 0 Å². The predicted molar refractivity (Wildman–Crippen MR) is 103 cm³/mol. The molecule has 2 heterocycles. The number of aryl methyl sites for hydroxylation is 1. The molecular weight excluding hydrogens is 324 g/mol. The van der Waals surface area contributed by atoms with Crippen molar-refractivity contribution in [3.63, 3.8) is 0 Å². The highest BCUT2D eigenvalue weighted by molar-refractivity contribution is 5.97. The molecule has 0 unspecified atom stereocenters. The van der Waals surface area contributed by atoms with Gasteiger partial charge in [-0.1, -0.05) is 49.9 Å². The monoisotopic (exact) mass is 350 g/mol. The van der Waals surface area contributed by atoms with E-state index in [1.807, 2.05) is 24.3 Å². The van der Waals surface area contributed by atoms with Crippen LogP contribution in [0.2, 0.25) is 0 Å². The number of furan rings is 1. The summed E-state index contributed by atoms with van der Waals surface area (Å²) in [5.74, 6) is 0.0110. The van der Waals surface area contributed by atoms with Crippen molar-refractivity contribution in [2.24, 2.45) is 0 Å². The first-order chi connectivity index (χ1) is 12.7. The van der Waals surface area contributed by atoms with Crippen molar-refractivity contribution < 1.29 is 9.21 Å². The number of hydrogen-bond acceptors (Lipinski definition) is 2. The number of carbonyl (C=O) groups excluding carboxylic acids is 1. The zero-order chi connectivity index (χ0) is 17.9. The highest BCUT2D eigenvalue weighted by atomic mass is 16.3. The Morgan fingerprint density at radius 2 is 1.92 bits per heavy atom. The van der Waals surface area contributed by atoms with Crippen LogP contribution in [-0.2, 0) is 6.54 Å². The van der Waals surface area contributed by atoms with Gasteiger partial charge in [-0.3, -0.25) is 4.79 Å². The molecule has 0 saturated heterocycles. The Hall–Kier alpha value is -2.49. The summed E-state index contributed by atoms with van der Waals surface area (Å²) >= 11 is 0. The van der Waals surface area contributed by atoms with Crippen LogP contribution in [0.15, 0.2) is 47.1 Å². The Morgan fingerprint density at radius 1 is 1.15 bits per heavy atom. The third-order valence-corrected chi connectivity index (χ3v) is 5.54. The summed E-state index contributed by atoms with van der Waals surface area (Å²) in [7, 11) is 0. The first kappa shape index (κ1) is 17.0. The molecule has 1 aliphatic carbocycles. The largest absolute Gasteiger partial charge is 0.463 e. The molecule has 4 rings (SSSR count). The van der Waals surface area contributed by atoms with E-state index in [2.05, 4.69) is 28.9 Å². The molecule has 4 nitrogen and oxygen atoms in total. The molecule has 3 aromatic rings. The van der Waals surface area contributed by atoms with Gasteiger partial charge in [0.2, 0.25) is 0 Å². The molecule has 2 aromatic heterocycles. The summed E-state index contributed by atoms with van der Waals surface area (Å²) in [5, 5.41) is 3.27. The van der Waals surface area contributed by atoms with Crippen LogP contribution in [-0.4, -0.2) is 16.5 Å². The zero-order valence-corrected chi connectivity index (χ0v) is 15.3. The number of amides is 1. The summed E-state index contributed by atoms with van der Waals surface area (Å²) in [5.41, 5.74) is 4.87. The van der Waals surface area contributed by atoms with Crippen LogP contribution in [0.1, 0.15) is 60.1 Å². The number of nitrogens with one attached hydrogen (secondary N) is 1. The molecule has 0 aliphatic heterocycles. The lowest BCUT2D eigenvalue weighted by atomic mass is 10.1. The molecule has 0 bridgehead atoms. The number of fused-ring (bicyclic) bond motifs is 1. The Bertz CT molecular complexity index is 898. The minimum absolute atomic E-state index is 0.0110. The van der Waals surface area contributed by atoms with Crippen LogP contribution in [0.5, 0.6) is 0 Å². The average Bonchev–Trinajstić information content (AvgIpc) is 3.12. The summed E-state index contributed by atoms with van der Waals surface area (Å²) in [4.78, 5) is 13.0. The van der Waals surface area contributed by atoms with E-state index >= 15 is 0 Å². The highest BCUT2D eigenvalue weighted by Crippen LogP contribution is 2.24. The van der Waals surface area contributed by atoms with Gasteiger partial charge in [-0.2, -0.15) is 0 Å². The summed E-state index contributed by atoms with van der Waals surface area (Å²) in [6.45, 7) is 2.78. The van der Waals surface area contributed by atoms with Gasteiger partial charge < -0.3 is 14.3 Å². The Balaban J connectivity index is 1.63. The minimum atomic E-state index is 0.0110. The molecule has 1 fully saturated rings. The molecular formula is C22H26N2O2. The van der Waals surface area contributed by atoms with Crippen LogP contribution in [0, 0.1) is 6.92 Å². The van der Waals surface area contributed by atoms with Crippen molar-refractivity contribution in [3.05, 3.63) is 59.5 Å². The highest BCUT2D eigenvalue weighted by Gasteiger charge is 2.21. The van der Waals surface area contributed by atoms with E-state index in [9.17, 15) is 4.79 Å². The predicted octanol–water partition coefficient (Wildman–Crippen LogP) is 5.04. The van der Waals surface area contributed by atoms with Crippen molar-refractivity contribution in [2.45, 2.75) is 58.0 Å². The Morgan fingerprint density at radius 3 is 2.69 bits per heavy atom. The minimum Gasteiger partial charge on any atom is -0.463 e. The lowest BCUT2D eigenvalue weighted by molar-refractivity contribution is 0.0924. The summed E-state index contributed by atoms with van der Waals surface area (Å²) < 4.78 is 7.64. The first-order valence-electron chi connectivity index (χ1n) is 9.64. The van der Waals surface area contributed by atoms with Gasteiger partial charge in [0.15, 0.2) is 5.58 Å². The second kappa shape index (κ2) is 7.40. The smallest absolute Gasteiger partial charge is 0.268 e. The van der Waals surface area contributed by atoms with Gasteiger partial charge in [-0.05, 0) is 30.9 Å². The Kier molecular flexibility index (Phi) is 4.83. The second-order valence-electron chi connectivity index (χ2n) is 7.37. The maximum Gasteiger partial charge on any atom is 0.268 e. The number of nitrogens with zero attached hydrogens (tertiary/aromatic N) is 1. The molecule has 0 radical (unpaired) electrons. The maximum absolute atomic E-state index is 13.0. The van der Waals surface area contributed by atoms with E-state index in [1.165, 1.54) is 36.8 Å². The van der Waals surface area contributed by atoms with Gasteiger partial charge in [0.05, 0.1) is 11.8 Å². The first-order valence-corrected chi connectivity index (χ1v) is 9.64. The third kappa shape index (κ3) is 3.41. The van der Waals surface area contributed by atoms with Gasteiger partial charge in [-0.15, -0.1) is 0 Å². The fraction of sp³-hybridized carbons (Fsp3) is 0.409. The van der Waals surface area contributed by atoms with E-state index in [1.54, 1.807) is 6.26 Å². The van der Waals surface area contributed by atoms with Crippen LogP contribution in [0.25, 0.3) is 11.1 Å². The molecule has 0 spiro atoms. The quantitative estimate of drug-likeness (QED) is 0.670. The fourth-order valence-electron chi connectivity index (χ4n) is 3.98. The topological polar surface area (TPSA) is 47.2 Å². The van der Waals surface area contributed by atoms with E-state index in [4.69, 9.17) is 4.42 Å². The molecule has 1 amide bonds. The van der Waals surface area contributed by atoms with Crippen LogP contribution >= 0.6 is 0 Å². The number of hydrogen-bond donors (Lipinski definition) is 1. The summed E-state index contributed by atoms with van der Waals surface area (Å²) in [6.07, 6.45) is 8.83. The normalized spacial score (nSPS) is 15.9. The molecule has 136 valence electrons. The number of benzene rings is 1. The average molecular weight is 350 g/mol. The second-order valence-corrected chi connectivity index (χ2v) is 7.37. The van der Waals surface area contributed by atoms with E-state index in [0.29, 0.717) is 12.2 Å². The molecule has 1 aromatic carbocycles. The molecule has 1 aliphatic rings. The van der Waals surface area contributed by atoms with Gasteiger partial charge in [-0.25, -0.2) is 0 Å². The van der Waals surface area contributed by atoms with Gasteiger partial charge in [0.25, 0.3) is 5.91 Å². The van der Waals surface area contributed by atoms with Crippen molar-refractivity contribution >= 4 is 17.0 Å². The van der Waals surface area contributed by atoms with Crippen LogP contribution in [0.3, 0.4) is 0 Å². The fourth-order valence-corrected chi connectivity index (χ4v) is 3.98. The van der Waals surface area contributed by atoms with Crippen molar-refractivity contribution in [2.75, 3.05) is 0 Å². The summed E-state index contributed by atoms with van der Waals surface area (Å²) in [6, 6.07) is 12.4. The molecule has 0 atom stereocenters. The number of aromatic nitrogens is 1. The van der Waals surface area contributed by atoms with Gasteiger partial charge in [0, 0.05) is 24.7 Å². The third-order valence-electron chi connectivity index (χ3n) is 5.54. The van der Waals surface area contributed by atoms with Crippen molar-refractivity contribution in [1.82, 2.24) is 9.88 Å². The van der Waals surface area contributed by atoms with Gasteiger partial charge >= 0.3 is 0 Å². The van der Waals surface area contributed by atoms with E-state index < -0.39 is 0 Å². The molecule has 4 heteroatoms. The van der Waals surface area contributed by atoms with Crippen LogP contribution in [0.4, 0.5) is 0 Å². The van der Waals surface area contributed by atoms with Gasteiger partial charge in [0.1, 0.15) is 5.69 Å². The van der Waals surface area contributed by atoms with E-state index in [0.717, 1.165) is 23.9 Å². The lowest BCUT2D eigenvalue weighted by Crippen LogP contribution is -2.35. The standard InChI is InChI=1S/C22H26N2O2/c1-16-8-6-7-9-17(16)15-24-19-12-13-26-21(19)14-20(24)22(25)23-18-10-4-2-3-5-11-18/h6-9,12-14,18H,2-5,10-11,15H2,1H3,(H,23,25). The SMILES string of the molecule is Cc1ccccc1Cn1c(C(=O)NC2CCCCCC2)cc2occc21. The molecule has 26 heavy (non-hydrogen) atoms. The zero-order valence-electron chi connectivity index (χ0n) is 15.3.